The van der Waals surface area contributed by atoms with Crippen molar-refractivity contribution in [3.8, 4) is 16.2 Å². The second-order valence-corrected chi connectivity index (χ2v) is 11.2. The van der Waals surface area contributed by atoms with E-state index in [-0.39, 0.29) is 11.3 Å². The second kappa shape index (κ2) is 8.38. The molecule has 0 radical (unpaired) electrons. The van der Waals surface area contributed by atoms with Gasteiger partial charge in [0, 0.05) is 16.4 Å². The van der Waals surface area contributed by atoms with Crippen LogP contribution >= 0.6 is 11.3 Å². The maximum Gasteiger partial charge on any atom is 0.235 e. The monoisotopic (exact) mass is 526 g/mol. The molecule has 5 N–H and O–H groups in total. The van der Waals surface area contributed by atoms with E-state index in [0.717, 1.165) is 0 Å². The zero-order valence-electron chi connectivity index (χ0n) is 20.2. The third-order valence-corrected chi connectivity index (χ3v) is 9.18. The smallest absolute Gasteiger partial charge is 0.235 e. The molecule has 37 heavy (non-hydrogen) atoms. The number of hydrogen-bond acceptors (Lipinski definition) is 10. The van der Waals surface area contributed by atoms with Crippen molar-refractivity contribution in [3.63, 3.8) is 0 Å². The van der Waals surface area contributed by atoms with Crippen molar-refractivity contribution in [2.75, 3.05) is 14.1 Å². The summed E-state index contributed by atoms with van der Waals surface area (Å²) < 4.78 is 0. The third-order valence-electron chi connectivity index (χ3n) is 8.28. The van der Waals surface area contributed by atoms with Gasteiger partial charge < -0.3 is 21.1 Å². The molecule has 0 spiro atoms. The Bertz CT molecular complexity index is 1370. The zero-order chi connectivity index (χ0) is 27.1. The maximum absolute atomic E-state index is 13.9. The summed E-state index contributed by atoms with van der Waals surface area (Å²) in [5.74, 6) is -13.2. The van der Waals surface area contributed by atoms with Gasteiger partial charge in [0.1, 0.15) is 5.75 Å². The highest BCUT2D eigenvalue weighted by atomic mass is 32.1. The lowest BCUT2D eigenvalue weighted by molar-refractivity contribution is -0.196. The third kappa shape index (κ3) is 3.18. The van der Waals surface area contributed by atoms with E-state index < -0.39 is 76.4 Å². The molecule has 0 bridgehead atoms. The number of amides is 1. The van der Waals surface area contributed by atoms with Gasteiger partial charge in [-0.15, -0.1) is 11.3 Å². The lowest BCUT2D eigenvalue weighted by Crippen LogP contribution is -2.77. The van der Waals surface area contributed by atoms with Crippen LogP contribution in [0.25, 0.3) is 10.4 Å². The molecule has 2 aromatic rings. The predicted octanol–water partition coefficient (Wildman–Crippen LogP) is 0.127. The van der Waals surface area contributed by atoms with Gasteiger partial charge in [0.15, 0.2) is 34.7 Å². The molecule has 8 atom stereocenters. The van der Waals surface area contributed by atoms with Crippen molar-refractivity contribution in [3.05, 3.63) is 40.8 Å². The van der Waals surface area contributed by atoms with Gasteiger partial charge in [0.05, 0.1) is 29.5 Å². The molecule has 0 aliphatic heterocycles. The number of benzene rings is 1. The highest BCUT2D eigenvalue weighted by Crippen LogP contribution is 2.55. The summed E-state index contributed by atoms with van der Waals surface area (Å²) in [6.07, 6.45) is -1.65. The molecular weight excluding hydrogens is 500 g/mol. The number of phenols is 1. The first-order valence-corrected chi connectivity index (χ1v) is 12.7. The molecule has 1 amide bonds. The molecule has 2 saturated carbocycles. The van der Waals surface area contributed by atoms with Crippen LogP contribution in [-0.2, 0) is 19.2 Å². The minimum atomic E-state index is -3.00. The average Bonchev–Trinajstić information content (AvgIpc) is 3.35. The number of rotatable bonds is 3. The fourth-order valence-corrected chi connectivity index (χ4v) is 7.37. The second-order valence-electron chi connectivity index (χ2n) is 10.3. The normalized spacial score (nSPS) is 35.2. The molecule has 3 aliphatic rings. The van der Waals surface area contributed by atoms with Gasteiger partial charge in [0.2, 0.25) is 5.91 Å². The number of Topliss-reactive ketones (excluding diaryl/α,β-unsaturated/α-hetero) is 4. The summed E-state index contributed by atoms with van der Waals surface area (Å²) >= 11 is 1.34. The van der Waals surface area contributed by atoms with E-state index >= 15 is 0 Å². The van der Waals surface area contributed by atoms with Crippen molar-refractivity contribution < 1.29 is 39.3 Å². The number of nitrogens with two attached hydrogens (primary N) is 1. The Morgan fingerprint density at radius 3 is 2.35 bits per heavy atom. The SMILES string of the molecule is CC1c2ccc(-c3cccs3)c(O)c2C(=O)C2C(=O)C3(O)C(=O)C(C(N)=O)C(=O)C(N(C)C)C3C(O)C21. The van der Waals surface area contributed by atoms with E-state index in [9.17, 15) is 39.3 Å². The van der Waals surface area contributed by atoms with E-state index in [0.29, 0.717) is 16.0 Å². The molecule has 11 heteroatoms. The molecule has 194 valence electrons. The van der Waals surface area contributed by atoms with Gasteiger partial charge >= 0.3 is 0 Å². The maximum atomic E-state index is 13.9. The summed E-state index contributed by atoms with van der Waals surface area (Å²) in [6, 6.07) is 5.47. The molecule has 1 aromatic heterocycles. The minimum Gasteiger partial charge on any atom is -0.506 e. The van der Waals surface area contributed by atoms with Gasteiger partial charge in [-0.2, -0.15) is 0 Å². The average molecular weight is 527 g/mol. The lowest BCUT2D eigenvalue weighted by Gasteiger charge is -2.56. The van der Waals surface area contributed by atoms with Crippen molar-refractivity contribution in [2.45, 2.75) is 30.6 Å². The molecule has 5 rings (SSSR count). The Morgan fingerprint density at radius 2 is 1.78 bits per heavy atom. The van der Waals surface area contributed by atoms with Crippen LogP contribution in [0.1, 0.15) is 28.8 Å². The molecule has 10 nitrogen and oxygen atoms in total. The van der Waals surface area contributed by atoms with Crippen molar-refractivity contribution in [2.24, 2.45) is 29.4 Å². The topological polar surface area (TPSA) is 175 Å². The Balaban J connectivity index is 1.71. The number of hydrogen-bond donors (Lipinski definition) is 4. The number of carbonyl (C=O) groups excluding carboxylic acids is 5. The van der Waals surface area contributed by atoms with Crippen LogP contribution < -0.4 is 5.73 Å². The number of carbonyl (C=O) groups is 5. The Morgan fingerprint density at radius 1 is 1.11 bits per heavy atom. The summed E-state index contributed by atoms with van der Waals surface area (Å²) in [5.41, 5.74) is 2.99. The highest BCUT2D eigenvalue weighted by Gasteiger charge is 2.72. The summed E-state index contributed by atoms with van der Waals surface area (Å²) in [4.78, 5) is 68.4. The number of likely N-dealkylation sites (N-methyl/N-ethyl adjacent to an activating group) is 1. The Labute approximate surface area is 215 Å². The fraction of sp³-hybridized carbons (Fsp3) is 0.423. The Kier molecular flexibility index (Phi) is 5.76. The van der Waals surface area contributed by atoms with E-state index in [2.05, 4.69) is 0 Å². The molecule has 2 fully saturated rings. The van der Waals surface area contributed by atoms with Gasteiger partial charge in [0.25, 0.3) is 0 Å². The van der Waals surface area contributed by atoms with Gasteiger partial charge in [-0.05, 0) is 43.1 Å². The number of aromatic hydroxyl groups is 1. The highest BCUT2D eigenvalue weighted by molar-refractivity contribution is 7.13. The first kappa shape index (κ1) is 25.4. The number of aliphatic hydroxyl groups is 2. The van der Waals surface area contributed by atoms with E-state index in [1.807, 2.05) is 0 Å². The van der Waals surface area contributed by atoms with Gasteiger partial charge in [-0.25, -0.2) is 0 Å². The van der Waals surface area contributed by atoms with Crippen molar-refractivity contribution in [1.29, 1.82) is 0 Å². The van der Waals surface area contributed by atoms with Crippen LogP contribution in [-0.4, -0.2) is 81.1 Å². The summed E-state index contributed by atoms with van der Waals surface area (Å²) in [7, 11) is 2.91. The number of ketones is 4. The van der Waals surface area contributed by atoms with Crippen molar-refractivity contribution in [1.82, 2.24) is 4.90 Å². The van der Waals surface area contributed by atoms with Gasteiger partial charge in [-0.1, -0.05) is 19.1 Å². The molecule has 1 heterocycles. The zero-order valence-corrected chi connectivity index (χ0v) is 21.1. The van der Waals surface area contributed by atoms with E-state index in [4.69, 9.17) is 5.73 Å². The molecule has 0 saturated heterocycles. The van der Waals surface area contributed by atoms with Gasteiger partial charge in [-0.3, -0.25) is 28.9 Å². The van der Waals surface area contributed by atoms with Crippen molar-refractivity contribution >= 4 is 40.4 Å². The largest absolute Gasteiger partial charge is 0.506 e. The number of fused-ring (bicyclic) bond motifs is 3. The van der Waals surface area contributed by atoms with Crippen LogP contribution in [0.5, 0.6) is 5.75 Å². The fourth-order valence-electron chi connectivity index (χ4n) is 6.62. The first-order chi connectivity index (χ1) is 17.3. The number of primary amides is 1. The quantitative estimate of drug-likeness (QED) is 0.405. The summed E-state index contributed by atoms with van der Waals surface area (Å²) in [5, 5.41) is 36.2. The lowest BCUT2D eigenvalue weighted by atomic mass is 9.49. The number of nitrogens with zero attached hydrogens (tertiary/aromatic N) is 1. The molecule has 1 aromatic carbocycles. The van der Waals surface area contributed by atoms with Crippen LogP contribution in [0, 0.1) is 23.7 Å². The number of aliphatic hydroxyl groups excluding tert-OH is 1. The Hall–Kier alpha value is -3.25. The van der Waals surface area contributed by atoms with E-state index in [1.165, 1.54) is 30.3 Å². The van der Waals surface area contributed by atoms with E-state index in [1.54, 1.807) is 36.6 Å². The van der Waals surface area contributed by atoms with Crippen LogP contribution in [0.3, 0.4) is 0 Å². The summed E-state index contributed by atoms with van der Waals surface area (Å²) in [6.45, 7) is 1.68. The van der Waals surface area contributed by atoms with Crippen LogP contribution in [0.4, 0.5) is 0 Å². The molecule has 3 aliphatic carbocycles. The minimum absolute atomic E-state index is 0.114. The van der Waals surface area contributed by atoms with Crippen LogP contribution in [0.2, 0.25) is 0 Å². The van der Waals surface area contributed by atoms with Crippen LogP contribution in [0.15, 0.2) is 29.6 Å². The number of phenolic OH excluding ortho intramolecular Hbond substituents is 1. The molecule has 8 unspecified atom stereocenters. The molecular formula is C26H26N2O8S. The first-order valence-electron chi connectivity index (χ1n) is 11.8. The predicted molar refractivity (Wildman–Crippen MR) is 131 cm³/mol. The standard InChI is InChI=1S/C26H26N2O8S/c1-9-10-6-7-11(12-5-4-8-37-12)19(29)14(10)20(30)15-13(9)21(31)17-18(28(2)3)22(32)16(25(27)35)24(34)26(17,36)23(15)33/h4-9,13,15-18,21,29,31,36H,1-3H3,(H2,27,35). The number of thiophene rings is 1.